The van der Waals surface area contributed by atoms with Crippen LogP contribution in [0, 0.1) is 11.8 Å². The molecule has 0 N–H and O–H groups in total. The van der Waals surface area contributed by atoms with Gasteiger partial charge in [-0.3, -0.25) is 9.69 Å². The van der Waals surface area contributed by atoms with E-state index in [1.807, 2.05) is 0 Å². The first-order valence-electron chi connectivity index (χ1n) is 8.46. The first-order chi connectivity index (χ1) is 10.7. The van der Waals surface area contributed by atoms with Crippen LogP contribution in [0.1, 0.15) is 24.5 Å². The van der Waals surface area contributed by atoms with E-state index in [-0.39, 0.29) is 0 Å². The van der Waals surface area contributed by atoms with Crippen molar-refractivity contribution in [3.8, 4) is 5.75 Å². The third kappa shape index (κ3) is 2.72. The molecule has 1 saturated heterocycles. The molecule has 1 aromatic carbocycles. The lowest BCUT2D eigenvalue weighted by Crippen LogP contribution is -2.48. The van der Waals surface area contributed by atoms with Crippen LogP contribution < -0.4 is 4.74 Å². The Labute approximate surface area is 132 Å². The molecule has 2 fully saturated rings. The molecule has 0 bridgehead atoms. The molecular weight excluding hydrogens is 276 g/mol. The van der Waals surface area contributed by atoms with Gasteiger partial charge in [-0.25, -0.2) is 0 Å². The van der Waals surface area contributed by atoms with Crippen LogP contribution in [0.4, 0.5) is 0 Å². The maximum atomic E-state index is 12.3. The molecular formula is C18H24N2O2. The lowest BCUT2D eigenvalue weighted by atomic mass is 10.1. The van der Waals surface area contributed by atoms with Crippen molar-refractivity contribution in [2.75, 3.05) is 32.8 Å². The summed E-state index contributed by atoms with van der Waals surface area (Å²) in [4.78, 5) is 16.8. The number of carbonyl (C=O) groups excluding carboxylic acids is 1. The average molecular weight is 300 g/mol. The molecule has 118 valence electrons. The van der Waals surface area contributed by atoms with E-state index in [4.69, 9.17) is 4.74 Å². The van der Waals surface area contributed by atoms with E-state index < -0.39 is 0 Å². The van der Waals surface area contributed by atoms with E-state index in [1.54, 1.807) is 0 Å². The van der Waals surface area contributed by atoms with E-state index in [1.165, 1.54) is 11.1 Å². The summed E-state index contributed by atoms with van der Waals surface area (Å²) in [5, 5.41) is 0. The molecule has 0 spiro atoms. The topological polar surface area (TPSA) is 32.8 Å². The summed E-state index contributed by atoms with van der Waals surface area (Å²) in [6, 6.07) is 6.56. The molecule has 2 atom stereocenters. The minimum Gasteiger partial charge on any atom is -0.493 e. The molecule has 0 radical (unpaired) electrons. The fraction of sp³-hybridized carbons (Fsp3) is 0.611. The van der Waals surface area contributed by atoms with Crippen LogP contribution in [0.5, 0.6) is 5.75 Å². The number of carbonyl (C=O) groups is 1. The number of hydrogen-bond acceptors (Lipinski definition) is 3. The van der Waals surface area contributed by atoms with Crippen molar-refractivity contribution >= 4 is 5.91 Å². The molecule has 1 aromatic rings. The van der Waals surface area contributed by atoms with Crippen molar-refractivity contribution in [3.63, 3.8) is 0 Å². The summed E-state index contributed by atoms with van der Waals surface area (Å²) in [5.41, 5.74) is 2.70. The van der Waals surface area contributed by atoms with Crippen LogP contribution in [0.15, 0.2) is 18.2 Å². The molecule has 4 heteroatoms. The highest BCUT2D eigenvalue weighted by molar-refractivity contribution is 5.81. The SMILES string of the molecule is C[C@H]1C[C@@H]1C(=O)N1CCN(Cc2ccc3c(c2)CCO3)CC1. The Morgan fingerprint density at radius 2 is 2.05 bits per heavy atom. The van der Waals surface area contributed by atoms with Crippen LogP contribution in [0.25, 0.3) is 0 Å². The Bertz CT molecular complexity index is 578. The molecule has 2 heterocycles. The van der Waals surface area contributed by atoms with Gasteiger partial charge in [0.05, 0.1) is 6.61 Å². The zero-order chi connectivity index (χ0) is 15.1. The fourth-order valence-electron chi connectivity index (χ4n) is 3.62. The highest BCUT2D eigenvalue weighted by Crippen LogP contribution is 2.39. The molecule has 22 heavy (non-hydrogen) atoms. The molecule has 4 rings (SSSR count). The lowest BCUT2D eigenvalue weighted by Gasteiger charge is -2.35. The average Bonchev–Trinajstić information content (AvgIpc) is 3.08. The Morgan fingerprint density at radius 1 is 1.27 bits per heavy atom. The van der Waals surface area contributed by atoms with Gasteiger partial charge >= 0.3 is 0 Å². The van der Waals surface area contributed by atoms with Crippen LogP contribution in [0.2, 0.25) is 0 Å². The number of piperazine rings is 1. The first kappa shape index (κ1) is 14.1. The largest absolute Gasteiger partial charge is 0.493 e. The second-order valence-corrected chi connectivity index (χ2v) is 6.96. The summed E-state index contributed by atoms with van der Waals surface area (Å²) in [7, 11) is 0. The number of fused-ring (bicyclic) bond motifs is 1. The summed E-state index contributed by atoms with van der Waals surface area (Å²) in [6.07, 6.45) is 2.13. The van der Waals surface area contributed by atoms with E-state index in [9.17, 15) is 4.79 Å². The highest BCUT2D eigenvalue weighted by Gasteiger charge is 2.41. The quantitative estimate of drug-likeness (QED) is 0.855. The minimum absolute atomic E-state index is 0.322. The fourth-order valence-corrected chi connectivity index (χ4v) is 3.62. The van der Waals surface area contributed by atoms with Crippen molar-refractivity contribution in [1.82, 2.24) is 9.80 Å². The van der Waals surface area contributed by atoms with Gasteiger partial charge in [-0.05, 0) is 29.5 Å². The first-order valence-corrected chi connectivity index (χ1v) is 8.46. The molecule has 0 aromatic heterocycles. The lowest BCUT2D eigenvalue weighted by molar-refractivity contribution is -0.134. The van der Waals surface area contributed by atoms with Gasteiger partial charge in [0.15, 0.2) is 0 Å². The van der Waals surface area contributed by atoms with Gasteiger partial charge in [0.1, 0.15) is 5.75 Å². The maximum absolute atomic E-state index is 12.3. The van der Waals surface area contributed by atoms with Gasteiger partial charge < -0.3 is 9.64 Å². The molecule has 1 amide bonds. The number of ether oxygens (including phenoxy) is 1. The Kier molecular flexibility index (Phi) is 3.57. The zero-order valence-electron chi connectivity index (χ0n) is 13.3. The van der Waals surface area contributed by atoms with Crippen LogP contribution in [-0.2, 0) is 17.8 Å². The van der Waals surface area contributed by atoms with Crippen molar-refractivity contribution in [3.05, 3.63) is 29.3 Å². The smallest absolute Gasteiger partial charge is 0.226 e. The molecule has 3 aliphatic rings. The van der Waals surface area contributed by atoms with Gasteiger partial charge in [0.25, 0.3) is 0 Å². The second kappa shape index (κ2) is 5.58. The third-order valence-electron chi connectivity index (χ3n) is 5.27. The molecule has 4 nitrogen and oxygen atoms in total. The van der Waals surface area contributed by atoms with Crippen molar-refractivity contribution in [2.24, 2.45) is 11.8 Å². The predicted molar refractivity (Wildman–Crippen MR) is 84.8 cm³/mol. The summed E-state index contributed by atoms with van der Waals surface area (Å²) in [6.45, 7) is 7.72. The highest BCUT2D eigenvalue weighted by atomic mass is 16.5. The van der Waals surface area contributed by atoms with Gasteiger partial charge in [-0.15, -0.1) is 0 Å². The number of nitrogens with zero attached hydrogens (tertiary/aromatic N) is 2. The van der Waals surface area contributed by atoms with Gasteiger partial charge in [0, 0.05) is 45.1 Å². The van der Waals surface area contributed by atoms with Crippen LogP contribution in [-0.4, -0.2) is 48.5 Å². The minimum atomic E-state index is 0.322. The molecule has 1 aliphatic carbocycles. The maximum Gasteiger partial charge on any atom is 0.226 e. The van der Waals surface area contributed by atoms with Crippen LogP contribution in [0.3, 0.4) is 0 Å². The van der Waals surface area contributed by atoms with Crippen molar-refractivity contribution in [1.29, 1.82) is 0 Å². The number of hydrogen-bond donors (Lipinski definition) is 0. The van der Waals surface area contributed by atoms with Crippen molar-refractivity contribution < 1.29 is 9.53 Å². The summed E-state index contributed by atoms with van der Waals surface area (Å²) < 4.78 is 5.56. The van der Waals surface area contributed by atoms with Gasteiger partial charge in [0.2, 0.25) is 5.91 Å². The van der Waals surface area contributed by atoms with E-state index in [2.05, 4.69) is 34.9 Å². The van der Waals surface area contributed by atoms with E-state index in [0.29, 0.717) is 17.7 Å². The van der Waals surface area contributed by atoms with Gasteiger partial charge in [-0.2, -0.15) is 0 Å². The molecule has 2 aliphatic heterocycles. The summed E-state index contributed by atoms with van der Waals surface area (Å²) in [5.74, 6) is 2.38. The number of benzene rings is 1. The van der Waals surface area contributed by atoms with Gasteiger partial charge in [-0.1, -0.05) is 19.1 Å². The van der Waals surface area contributed by atoms with E-state index >= 15 is 0 Å². The monoisotopic (exact) mass is 300 g/mol. The Morgan fingerprint density at radius 3 is 2.77 bits per heavy atom. The number of rotatable bonds is 3. The third-order valence-corrected chi connectivity index (χ3v) is 5.27. The standard InChI is InChI=1S/C18H24N2O2/c1-13-10-16(13)18(21)20-7-5-19(6-8-20)12-14-2-3-17-15(11-14)4-9-22-17/h2-3,11,13,16H,4-10,12H2,1H3/t13-,16-/m0/s1. The Hall–Kier alpha value is -1.55. The normalized spacial score (nSPS) is 27.4. The Balaban J connectivity index is 1.31. The zero-order valence-corrected chi connectivity index (χ0v) is 13.3. The second-order valence-electron chi connectivity index (χ2n) is 6.96. The summed E-state index contributed by atoms with van der Waals surface area (Å²) >= 11 is 0. The number of amides is 1. The van der Waals surface area contributed by atoms with Crippen LogP contribution >= 0.6 is 0 Å². The predicted octanol–water partition coefficient (Wildman–Crippen LogP) is 1.92. The molecule has 0 unspecified atom stereocenters. The molecule has 1 saturated carbocycles. The van der Waals surface area contributed by atoms with Crippen molar-refractivity contribution in [2.45, 2.75) is 26.3 Å². The van der Waals surface area contributed by atoms with E-state index in [0.717, 1.165) is 57.9 Å².